The first-order chi connectivity index (χ1) is 13.0. The van der Waals surface area contributed by atoms with Crippen LogP contribution in [0.2, 0.25) is 5.02 Å². The van der Waals surface area contributed by atoms with Gasteiger partial charge in [0.25, 0.3) is 5.56 Å². The number of benzene rings is 2. The highest BCUT2D eigenvalue weighted by Gasteiger charge is 2.18. The van der Waals surface area contributed by atoms with E-state index in [2.05, 4.69) is 10.9 Å². The number of nitrogens with zero attached hydrogens (tertiary/aromatic N) is 2. The van der Waals surface area contributed by atoms with Crippen LogP contribution >= 0.6 is 11.6 Å². The van der Waals surface area contributed by atoms with Crippen molar-refractivity contribution in [1.82, 2.24) is 9.55 Å². The topological polar surface area (TPSA) is 61.2 Å². The van der Waals surface area contributed by atoms with Crippen LogP contribution in [0, 0.1) is 18.2 Å². The van der Waals surface area contributed by atoms with Gasteiger partial charge in [-0.3, -0.25) is 14.2 Å². The van der Waals surface area contributed by atoms with Gasteiger partial charge in [0.2, 0.25) is 0 Å². The molecular weight excluding hydrogens is 371 g/mol. The SMILES string of the molecule is C#C[C@@H](OC(=O)CCn1cnc2ccccc2c1=O)c1ccc(Cl)cc1F. The Bertz CT molecular complexity index is 1100. The second kappa shape index (κ2) is 8.02. The van der Waals surface area contributed by atoms with Gasteiger partial charge in [-0.15, -0.1) is 6.42 Å². The highest BCUT2D eigenvalue weighted by Crippen LogP contribution is 2.23. The fourth-order valence-electron chi connectivity index (χ4n) is 2.57. The van der Waals surface area contributed by atoms with E-state index < -0.39 is 17.9 Å². The summed E-state index contributed by atoms with van der Waals surface area (Å²) >= 11 is 5.71. The summed E-state index contributed by atoms with van der Waals surface area (Å²) in [6.07, 6.45) is 5.43. The lowest BCUT2D eigenvalue weighted by Gasteiger charge is -2.14. The first-order valence-electron chi connectivity index (χ1n) is 8.04. The molecule has 27 heavy (non-hydrogen) atoms. The van der Waals surface area contributed by atoms with Gasteiger partial charge >= 0.3 is 5.97 Å². The lowest BCUT2D eigenvalue weighted by Crippen LogP contribution is -2.23. The Morgan fingerprint density at radius 1 is 1.33 bits per heavy atom. The van der Waals surface area contributed by atoms with Crippen LogP contribution in [0.3, 0.4) is 0 Å². The zero-order chi connectivity index (χ0) is 19.4. The minimum absolute atomic E-state index is 0.0415. The van der Waals surface area contributed by atoms with Gasteiger partial charge in [0, 0.05) is 17.1 Å². The molecule has 0 amide bonds. The zero-order valence-electron chi connectivity index (χ0n) is 14.1. The summed E-state index contributed by atoms with van der Waals surface area (Å²) in [6, 6.07) is 10.8. The van der Waals surface area contributed by atoms with E-state index in [1.54, 1.807) is 24.3 Å². The minimum Gasteiger partial charge on any atom is -0.444 e. The van der Waals surface area contributed by atoms with Crippen molar-refractivity contribution in [2.24, 2.45) is 0 Å². The van der Waals surface area contributed by atoms with Gasteiger partial charge in [-0.1, -0.05) is 29.7 Å². The number of hydrogen-bond donors (Lipinski definition) is 0. The Kier molecular flexibility index (Phi) is 5.53. The number of fused-ring (bicyclic) bond motifs is 1. The molecule has 0 saturated heterocycles. The number of carbonyl (C=O) groups excluding carboxylic acids is 1. The van der Waals surface area contributed by atoms with Gasteiger partial charge in [-0.25, -0.2) is 9.37 Å². The van der Waals surface area contributed by atoms with Crippen LogP contribution < -0.4 is 5.56 Å². The third-order valence-electron chi connectivity index (χ3n) is 3.93. The van der Waals surface area contributed by atoms with Crippen molar-refractivity contribution in [3.8, 4) is 12.3 Å². The molecule has 0 aliphatic carbocycles. The maximum Gasteiger partial charge on any atom is 0.309 e. The lowest BCUT2D eigenvalue weighted by molar-refractivity contribution is -0.147. The maximum absolute atomic E-state index is 14.0. The number of aromatic nitrogens is 2. The number of hydrogen-bond acceptors (Lipinski definition) is 4. The minimum atomic E-state index is -1.18. The van der Waals surface area contributed by atoms with Crippen LogP contribution in [0.5, 0.6) is 0 Å². The molecular formula is C20H14ClFN2O3. The Morgan fingerprint density at radius 3 is 2.85 bits per heavy atom. The number of rotatable bonds is 5. The van der Waals surface area contributed by atoms with Crippen LogP contribution in [0.25, 0.3) is 10.9 Å². The number of halogens is 2. The molecule has 1 heterocycles. The molecule has 0 N–H and O–H groups in total. The largest absolute Gasteiger partial charge is 0.444 e. The first kappa shape index (κ1) is 18.6. The van der Waals surface area contributed by atoms with Crippen molar-refractivity contribution in [1.29, 1.82) is 0 Å². The smallest absolute Gasteiger partial charge is 0.309 e. The van der Waals surface area contributed by atoms with Crippen molar-refractivity contribution >= 4 is 28.5 Å². The first-order valence-corrected chi connectivity index (χ1v) is 8.42. The summed E-state index contributed by atoms with van der Waals surface area (Å²) in [5.74, 6) is 0.917. The molecule has 0 unspecified atom stereocenters. The van der Waals surface area contributed by atoms with E-state index in [0.717, 1.165) is 6.07 Å². The van der Waals surface area contributed by atoms with E-state index in [0.29, 0.717) is 10.9 Å². The number of ether oxygens (including phenoxy) is 1. The summed E-state index contributed by atoms with van der Waals surface area (Å²) in [7, 11) is 0. The molecule has 0 spiro atoms. The number of para-hydroxylation sites is 1. The summed E-state index contributed by atoms with van der Waals surface area (Å²) in [5.41, 5.74) is 0.359. The van der Waals surface area contributed by atoms with Crippen molar-refractivity contribution in [3.63, 3.8) is 0 Å². The zero-order valence-corrected chi connectivity index (χ0v) is 14.8. The van der Waals surface area contributed by atoms with Gasteiger partial charge in [0.15, 0.2) is 6.10 Å². The van der Waals surface area contributed by atoms with Gasteiger partial charge in [-0.2, -0.15) is 0 Å². The van der Waals surface area contributed by atoms with Crippen molar-refractivity contribution in [2.75, 3.05) is 0 Å². The number of terminal acetylenes is 1. The lowest BCUT2D eigenvalue weighted by atomic mass is 10.1. The summed E-state index contributed by atoms with van der Waals surface area (Å²) < 4.78 is 20.4. The molecule has 0 saturated carbocycles. The van der Waals surface area contributed by atoms with Crippen LogP contribution in [-0.4, -0.2) is 15.5 Å². The normalized spacial score (nSPS) is 11.7. The van der Waals surface area contributed by atoms with Gasteiger partial charge in [0.05, 0.1) is 23.7 Å². The van der Waals surface area contributed by atoms with Gasteiger partial charge in [-0.05, 0) is 30.3 Å². The quantitative estimate of drug-likeness (QED) is 0.499. The summed E-state index contributed by atoms with van der Waals surface area (Å²) in [4.78, 5) is 28.7. The highest BCUT2D eigenvalue weighted by molar-refractivity contribution is 6.30. The molecule has 3 rings (SSSR count). The van der Waals surface area contributed by atoms with Crippen molar-refractivity contribution in [2.45, 2.75) is 19.1 Å². The predicted octanol–water partition coefficient (Wildman–Crippen LogP) is 3.50. The summed E-state index contributed by atoms with van der Waals surface area (Å²) in [6.45, 7) is 0.0654. The molecule has 2 aromatic carbocycles. The second-order valence-corrected chi connectivity index (χ2v) is 6.15. The van der Waals surface area contributed by atoms with E-state index in [9.17, 15) is 14.0 Å². The molecule has 3 aromatic rings. The van der Waals surface area contributed by atoms with E-state index >= 15 is 0 Å². The molecule has 0 radical (unpaired) electrons. The Morgan fingerprint density at radius 2 is 2.11 bits per heavy atom. The third-order valence-corrected chi connectivity index (χ3v) is 4.17. The van der Waals surface area contributed by atoms with Crippen LogP contribution in [0.4, 0.5) is 4.39 Å². The fraction of sp³-hybridized carbons (Fsp3) is 0.150. The molecule has 0 aliphatic heterocycles. The van der Waals surface area contributed by atoms with E-state index in [1.807, 2.05) is 0 Å². The Labute approximate surface area is 159 Å². The molecule has 1 aromatic heterocycles. The molecule has 0 fully saturated rings. The molecule has 0 bridgehead atoms. The van der Waals surface area contributed by atoms with Gasteiger partial charge in [0.1, 0.15) is 5.82 Å². The Balaban J connectivity index is 1.70. The fourth-order valence-corrected chi connectivity index (χ4v) is 2.73. The molecule has 7 heteroatoms. The molecule has 1 atom stereocenters. The van der Waals surface area contributed by atoms with Crippen LogP contribution in [0.1, 0.15) is 18.1 Å². The highest BCUT2D eigenvalue weighted by atomic mass is 35.5. The van der Waals surface area contributed by atoms with Crippen molar-refractivity contribution < 1.29 is 13.9 Å². The van der Waals surface area contributed by atoms with E-state index in [1.165, 1.54) is 23.0 Å². The van der Waals surface area contributed by atoms with E-state index in [4.69, 9.17) is 22.8 Å². The van der Waals surface area contributed by atoms with Crippen LogP contribution in [0.15, 0.2) is 53.6 Å². The average molecular weight is 385 g/mol. The molecule has 136 valence electrons. The number of aryl methyl sites for hydroxylation is 1. The van der Waals surface area contributed by atoms with Crippen LogP contribution in [-0.2, 0) is 16.1 Å². The molecule has 0 aliphatic rings. The van der Waals surface area contributed by atoms with Crippen molar-refractivity contribution in [3.05, 3.63) is 75.5 Å². The Hall–Kier alpha value is -3.17. The predicted molar refractivity (Wildman–Crippen MR) is 99.7 cm³/mol. The van der Waals surface area contributed by atoms with E-state index in [-0.39, 0.29) is 29.1 Å². The standard InChI is InChI=1S/C20H14ClFN2O3/c1-2-18(14-8-7-13(21)11-16(14)22)27-19(25)9-10-24-12-23-17-6-4-3-5-15(17)20(24)26/h1,3-8,11-12,18H,9-10H2/t18-/m1/s1. The maximum atomic E-state index is 14.0. The second-order valence-electron chi connectivity index (χ2n) is 5.71. The van der Waals surface area contributed by atoms with Gasteiger partial charge < -0.3 is 4.74 Å². The number of carbonyl (C=O) groups is 1. The summed E-state index contributed by atoms with van der Waals surface area (Å²) in [5, 5.41) is 0.666. The average Bonchev–Trinajstić information content (AvgIpc) is 2.66. The molecule has 5 nitrogen and oxygen atoms in total. The third kappa shape index (κ3) is 4.15. The monoisotopic (exact) mass is 384 g/mol. The number of esters is 1.